The summed E-state index contributed by atoms with van der Waals surface area (Å²) in [5.41, 5.74) is 1.71. The van der Waals surface area contributed by atoms with Crippen LogP contribution in [0.1, 0.15) is 22.5 Å². The summed E-state index contributed by atoms with van der Waals surface area (Å²) in [7, 11) is 0. The zero-order chi connectivity index (χ0) is 15.6. The molecule has 0 bridgehead atoms. The maximum Gasteiger partial charge on any atom is 0.269 e. The molecule has 0 aliphatic carbocycles. The molecule has 1 N–H and O–H groups in total. The van der Waals surface area contributed by atoms with E-state index in [2.05, 4.69) is 10.3 Å². The first-order chi connectivity index (χ1) is 9.92. The lowest BCUT2D eigenvalue weighted by molar-refractivity contribution is -0.116. The van der Waals surface area contributed by atoms with Gasteiger partial charge >= 0.3 is 0 Å². The molecule has 2 aromatic heterocycles. The van der Waals surface area contributed by atoms with E-state index in [9.17, 15) is 9.59 Å². The minimum absolute atomic E-state index is 0.0680. The molecule has 2 rings (SSSR count). The third-order valence-corrected chi connectivity index (χ3v) is 3.86. The van der Waals surface area contributed by atoms with E-state index >= 15 is 0 Å². The molecule has 7 heteroatoms. The van der Waals surface area contributed by atoms with Crippen molar-refractivity contribution < 1.29 is 4.79 Å². The van der Waals surface area contributed by atoms with E-state index in [1.54, 1.807) is 19.9 Å². The quantitative estimate of drug-likeness (QED) is 0.935. The van der Waals surface area contributed by atoms with Gasteiger partial charge in [0, 0.05) is 11.1 Å². The molecule has 0 fully saturated rings. The highest BCUT2D eigenvalue weighted by Gasteiger charge is 2.13. The van der Waals surface area contributed by atoms with Crippen molar-refractivity contribution in [2.45, 2.75) is 27.3 Å². The number of nitrogens with zero attached hydrogens (tertiary/aromatic N) is 3. The number of carbonyl (C=O) groups is 1. The van der Waals surface area contributed by atoms with Crippen molar-refractivity contribution >= 4 is 22.4 Å². The molecule has 0 unspecified atom stereocenters. The summed E-state index contributed by atoms with van der Waals surface area (Å²) in [6, 6.07) is 3.61. The van der Waals surface area contributed by atoms with Crippen LogP contribution in [0.3, 0.4) is 0 Å². The highest BCUT2D eigenvalue weighted by molar-refractivity contribution is 7.13. The van der Waals surface area contributed by atoms with Gasteiger partial charge in [-0.25, -0.2) is 4.98 Å². The van der Waals surface area contributed by atoms with Gasteiger partial charge in [0.1, 0.15) is 18.2 Å². The van der Waals surface area contributed by atoms with Crippen LogP contribution in [0.25, 0.3) is 0 Å². The lowest BCUT2D eigenvalue weighted by Crippen LogP contribution is -2.31. The molecule has 0 radical (unpaired) electrons. The molecule has 0 spiro atoms. The van der Waals surface area contributed by atoms with Gasteiger partial charge in [-0.2, -0.15) is 5.26 Å². The molecule has 21 heavy (non-hydrogen) atoms. The van der Waals surface area contributed by atoms with Crippen molar-refractivity contribution in [3.8, 4) is 6.07 Å². The zero-order valence-electron chi connectivity index (χ0n) is 11.9. The number of amides is 1. The topological polar surface area (TPSA) is 87.8 Å². The number of anilines is 1. The fourth-order valence-corrected chi connectivity index (χ4v) is 2.68. The Balaban J connectivity index is 2.26. The molecule has 1 amide bonds. The minimum atomic E-state index is -0.444. The van der Waals surface area contributed by atoms with E-state index in [0.29, 0.717) is 16.4 Å². The van der Waals surface area contributed by atoms with Crippen LogP contribution >= 0.6 is 11.3 Å². The van der Waals surface area contributed by atoms with Crippen LogP contribution in [-0.2, 0) is 11.3 Å². The van der Waals surface area contributed by atoms with Crippen molar-refractivity contribution in [1.29, 1.82) is 5.26 Å². The van der Waals surface area contributed by atoms with Crippen molar-refractivity contribution in [3.05, 3.63) is 44.3 Å². The summed E-state index contributed by atoms with van der Waals surface area (Å²) in [5, 5.41) is 14.0. The highest BCUT2D eigenvalue weighted by atomic mass is 32.1. The summed E-state index contributed by atoms with van der Waals surface area (Å²) in [4.78, 5) is 28.3. The Labute approximate surface area is 125 Å². The predicted molar refractivity (Wildman–Crippen MR) is 80.4 cm³/mol. The fraction of sp³-hybridized carbons (Fsp3) is 0.286. The highest BCUT2D eigenvalue weighted by Crippen LogP contribution is 2.14. The third-order valence-electron chi connectivity index (χ3n) is 2.98. The number of thiazole rings is 1. The molecule has 0 aliphatic heterocycles. The lowest BCUT2D eigenvalue weighted by Gasteiger charge is -2.11. The molecular weight excluding hydrogens is 288 g/mol. The van der Waals surface area contributed by atoms with Gasteiger partial charge in [0.05, 0.1) is 5.69 Å². The molecule has 108 valence electrons. The van der Waals surface area contributed by atoms with Crippen LogP contribution in [0.4, 0.5) is 5.13 Å². The molecule has 0 saturated heterocycles. The van der Waals surface area contributed by atoms with Gasteiger partial charge in [-0.1, -0.05) is 0 Å². The summed E-state index contributed by atoms with van der Waals surface area (Å²) in [6.07, 6.45) is 0. The van der Waals surface area contributed by atoms with E-state index in [0.717, 1.165) is 5.69 Å². The number of hydrogen-bond acceptors (Lipinski definition) is 5. The van der Waals surface area contributed by atoms with Gasteiger partial charge in [0.2, 0.25) is 5.91 Å². The van der Waals surface area contributed by atoms with Gasteiger partial charge < -0.3 is 9.88 Å². The lowest BCUT2D eigenvalue weighted by atomic mass is 10.1. The van der Waals surface area contributed by atoms with Gasteiger partial charge in [0.25, 0.3) is 5.56 Å². The smallest absolute Gasteiger partial charge is 0.269 e. The number of aromatic nitrogens is 2. The Hall–Kier alpha value is -2.46. The van der Waals surface area contributed by atoms with Gasteiger partial charge in [-0.15, -0.1) is 11.3 Å². The third kappa shape index (κ3) is 3.17. The predicted octanol–water partition coefficient (Wildman–Crippen LogP) is 1.74. The normalized spacial score (nSPS) is 10.2. The van der Waals surface area contributed by atoms with Crippen LogP contribution in [0.15, 0.2) is 16.2 Å². The Morgan fingerprint density at radius 1 is 1.48 bits per heavy atom. The Bertz CT molecular complexity index is 798. The molecule has 2 aromatic rings. The molecular formula is C14H14N4O2S. The molecule has 6 nitrogen and oxygen atoms in total. The summed E-state index contributed by atoms with van der Waals surface area (Å²) in [6.45, 7) is 5.13. The maximum atomic E-state index is 12.2. The standard InChI is InChI=1S/C14H14N4O2S/c1-8-4-10(3)18(13(20)11(8)5-15)6-12(19)17-14-16-9(2)7-21-14/h4,7H,6H2,1-3H3,(H,16,17,19). The monoisotopic (exact) mass is 302 g/mol. The average molecular weight is 302 g/mol. The van der Waals surface area contributed by atoms with Crippen molar-refractivity contribution in [1.82, 2.24) is 9.55 Å². The summed E-state index contributed by atoms with van der Waals surface area (Å²) < 4.78 is 1.29. The SMILES string of the molecule is Cc1csc(NC(=O)Cn2c(C)cc(C)c(C#N)c2=O)n1. The Kier molecular flexibility index (Phi) is 4.19. The van der Waals surface area contributed by atoms with Crippen LogP contribution in [0, 0.1) is 32.1 Å². The number of nitrogens with one attached hydrogen (secondary N) is 1. The number of pyridine rings is 1. The molecule has 2 heterocycles. The second-order valence-electron chi connectivity index (χ2n) is 4.69. The second-order valence-corrected chi connectivity index (χ2v) is 5.55. The van der Waals surface area contributed by atoms with Gasteiger partial charge in [-0.3, -0.25) is 9.59 Å². The molecule has 0 saturated carbocycles. The van der Waals surface area contributed by atoms with Crippen molar-refractivity contribution in [3.63, 3.8) is 0 Å². The van der Waals surface area contributed by atoms with Crippen LogP contribution < -0.4 is 10.9 Å². The number of hydrogen-bond donors (Lipinski definition) is 1. The number of nitriles is 1. The first-order valence-corrected chi connectivity index (χ1v) is 7.13. The number of rotatable bonds is 3. The fourth-order valence-electron chi connectivity index (χ4n) is 1.97. The van der Waals surface area contributed by atoms with E-state index in [1.807, 2.05) is 18.4 Å². The van der Waals surface area contributed by atoms with Crippen LogP contribution in [0.2, 0.25) is 0 Å². The van der Waals surface area contributed by atoms with Crippen molar-refractivity contribution in [2.75, 3.05) is 5.32 Å². The minimum Gasteiger partial charge on any atom is -0.302 e. The van der Waals surface area contributed by atoms with Crippen molar-refractivity contribution in [2.24, 2.45) is 0 Å². The average Bonchev–Trinajstić information content (AvgIpc) is 2.80. The number of carbonyl (C=O) groups excluding carboxylic acids is 1. The van der Waals surface area contributed by atoms with E-state index in [4.69, 9.17) is 5.26 Å². The first kappa shape index (κ1) is 14.9. The second kappa shape index (κ2) is 5.89. The number of aryl methyl sites for hydroxylation is 3. The van der Waals surface area contributed by atoms with Crippen LogP contribution in [-0.4, -0.2) is 15.5 Å². The maximum absolute atomic E-state index is 12.2. The Morgan fingerprint density at radius 3 is 2.76 bits per heavy atom. The zero-order valence-corrected chi connectivity index (χ0v) is 12.7. The van der Waals surface area contributed by atoms with E-state index in [-0.39, 0.29) is 18.0 Å². The first-order valence-electron chi connectivity index (χ1n) is 6.25. The van der Waals surface area contributed by atoms with E-state index in [1.165, 1.54) is 15.9 Å². The van der Waals surface area contributed by atoms with Gasteiger partial charge in [-0.05, 0) is 32.4 Å². The summed E-state index contributed by atoms with van der Waals surface area (Å²) >= 11 is 1.32. The van der Waals surface area contributed by atoms with Crippen LogP contribution in [0.5, 0.6) is 0 Å². The molecule has 0 aliphatic rings. The Morgan fingerprint density at radius 2 is 2.19 bits per heavy atom. The molecule has 0 atom stereocenters. The largest absolute Gasteiger partial charge is 0.302 e. The molecule has 0 aromatic carbocycles. The summed E-state index contributed by atoms with van der Waals surface area (Å²) in [5.74, 6) is -0.345. The van der Waals surface area contributed by atoms with E-state index < -0.39 is 5.56 Å². The van der Waals surface area contributed by atoms with Gasteiger partial charge in [0.15, 0.2) is 5.13 Å².